The summed E-state index contributed by atoms with van der Waals surface area (Å²) in [6.45, 7) is 0. The van der Waals surface area contributed by atoms with Crippen LogP contribution in [-0.2, 0) is 0 Å². The molecule has 0 aliphatic rings. The summed E-state index contributed by atoms with van der Waals surface area (Å²) in [5, 5.41) is 8.51. The number of aromatic nitrogens is 1. The Balaban J connectivity index is 3.23. The molecule has 0 spiro atoms. The van der Waals surface area contributed by atoms with Gasteiger partial charge in [-0.2, -0.15) is 0 Å². The maximum absolute atomic E-state index is 10.9. The minimum atomic E-state index is -1.11. The molecule has 6 heteroatoms. The highest BCUT2D eigenvalue weighted by molar-refractivity contribution is 5.87. The second-order valence-electron chi connectivity index (χ2n) is 2.06. The quantitative estimate of drug-likeness (QED) is 0.388. The van der Waals surface area contributed by atoms with Crippen molar-refractivity contribution in [3.05, 3.63) is 34.2 Å². The molecule has 0 fully saturated rings. The first kappa shape index (κ1) is 8.28. The summed E-state index contributed by atoms with van der Waals surface area (Å²) in [5.74, 6) is 3.83. The monoisotopic (exact) mass is 169 g/mol. The van der Waals surface area contributed by atoms with Gasteiger partial charge in [0.05, 0.1) is 5.56 Å². The number of carbonyl (C=O) groups is 1. The molecule has 4 N–H and O–H groups in total. The standard InChI is InChI=1S/C6H7N3O3/c7-8-9-3-4(6(11)12)1-2-5(9)10/h1-3,8H,7H2,(H,11,12). The molecule has 0 saturated heterocycles. The summed E-state index contributed by atoms with van der Waals surface area (Å²) in [6.07, 6.45) is 1.10. The highest BCUT2D eigenvalue weighted by Gasteiger charge is 2.03. The molecule has 1 heterocycles. The third kappa shape index (κ3) is 1.43. The summed E-state index contributed by atoms with van der Waals surface area (Å²) < 4.78 is 0.878. The third-order valence-electron chi connectivity index (χ3n) is 1.30. The number of nitrogens with one attached hydrogen (secondary N) is 1. The van der Waals surface area contributed by atoms with Gasteiger partial charge in [0.1, 0.15) is 0 Å². The number of rotatable bonds is 2. The Morgan fingerprint density at radius 3 is 2.75 bits per heavy atom. The molecule has 0 atom stereocenters. The lowest BCUT2D eigenvalue weighted by molar-refractivity contribution is 0.0696. The highest BCUT2D eigenvalue weighted by atomic mass is 16.4. The summed E-state index contributed by atoms with van der Waals surface area (Å²) in [6, 6.07) is 2.32. The van der Waals surface area contributed by atoms with E-state index in [1.165, 1.54) is 6.07 Å². The van der Waals surface area contributed by atoms with Crippen LogP contribution in [0.5, 0.6) is 0 Å². The minimum Gasteiger partial charge on any atom is -0.478 e. The molecular formula is C6H7N3O3. The number of aromatic carboxylic acids is 1. The Morgan fingerprint density at radius 1 is 1.58 bits per heavy atom. The Kier molecular flexibility index (Phi) is 2.11. The van der Waals surface area contributed by atoms with Crippen molar-refractivity contribution in [2.75, 3.05) is 5.53 Å². The van der Waals surface area contributed by atoms with Crippen molar-refractivity contribution in [3.63, 3.8) is 0 Å². The summed E-state index contributed by atoms with van der Waals surface area (Å²) >= 11 is 0. The lowest BCUT2D eigenvalue weighted by Crippen LogP contribution is -2.32. The molecule has 1 aromatic heterocycles. The van der Waals surface area contributed by atoms with Crippen LogP contribution in [0.1, 0.15) is 10.4 Å². The van der Waals surface area contributed by atoms with Gasteiger partial charge in [-0.3, -0.25) is 10.3 Å². The van der Waals surface area contributed by atoms with Crippen LogP contribution in [0.2, 0.25) is 0 Å². The number of carboxylic acid groups (broad SMARTS) is 1. The first-order valence-corrected chi connectivity index (χ1v) is 3.08. The van der Waals surface area contributed by atoms with E-state index >= 15 is 0 Å². The van der Waals surface area contributed by atoms with Crippen LogP contribution in [0.3, 0.4) is 0 Å². The topological polar surface area (TPSA) is 97.3 Å². The maximum Gasteiger partial charge on any atom is 0.337 e. The van der Waals surface area contributed by atoms with Crippen LogP contribution >= 0.6 is 0 Å². The lowest BCUT2D eigenvalue weighted by atomic mass is 10.3. The van der Waals surface area contributed by atoms with Gasteiger partial charge in [0, 0.05) is 12.3 Å². The van der Waals surface area contributed by atoms with Crippen molar-refractivity contribution >= 4 is 5.97 Å². The number of hydrogen-bond acceptors (Lipinski definition) is 4. The van der Waals surface area contributed by atoms with Crippen LogP contribution in [-0.4, -0.2) is 15.8 Å². The Morgan fingerprint density at radius 2 is 2.25 bits per heavy atom. The van der Waals surface area contributed by atoms with E-state index < -0.39 is 11.5 Å². The van der Waals surface area contributed by atoms with Crippen molar-refractivity contribution in [2.45, 2.75) is 0 Å². The average molecular weight is 169 g/mol. The number of carboxylic acids is 1. The van der Waals surface area contributed by atoms with E-state index in [2.05, 4.69) is 0 Å². The fourth-order valence-electron chi connectivity index (χ4n) is 0.715. The van der Waals surface area contributed by atoms with Crippen molar-refractivity contribution in [1.29, 1.82) is 0 Å². The van der Waals surface area contributed by atoms with Gasteiger partial charge in [-0.05, 0) is 6.07 Å². The molecule has 12 heavy (non-hydrogen) atoms. The van der Waals surface area contributed by atoms with Gasteiger partial charge in [-0.1, -0.05) is 0 Å². The fourth-order valence-corrected chi connectivity index (χ4v) is 0.715. The second-order valence-corrected chi connectivity index (χ2v) is 2.06. The van der Waals surface area contributed by atoms with Crippen molar-refractivity contribution in [1.82, 2.24) is 4.68 Å². The van der Waals surface area contributed by atoms with Crippen LogP contribution in [0, 0.1) is 0 Å². The number of hydrogen-bond donors (Lipinski definition) is 3. The van der Waals surface area contributed by atoms with Gasteiger partial charge in [-0.15, -0.1) is 0 Å². The first-order chi connectivity index (χ1) is 5.65. The molecular weight excluding hydrogens is 162 g/mol. The molecule has 6 nitrogen and oxygen atoms in total. The largest absolute Gasteiger partial charge is 0.478 e. The van der Waals surface area contributed by atoms with Crippen LogP contribution < -0.4 is 16.9 Å². The number of hydrazine groups is 1. The zero-order valence-corrected chi connectivity index (χ0v) is 6.02. The molecule has 0 radical (unpaired) electrons. The van der Waals surface area contributed by atoms with E-state index in [-0.39, 0.29) is 5.56 Å². The van der Waals surface area contributed by atoms with E-state index in [0.717, 1.165) is 16.9 Å². The second kappa shape index (κ2) is 3.05. The number of nitrogens with two attached hydrogens (primary N) is 1. The summed E-state index contributed by atoms with van der Waals surface area (Å²) in [4.78, 5) is 21.2. The van der Waals surface area contributed by atoms with Gasteiger partial charge in [0.15, 0.2) is 0 Å². The highest BCUT2D eigenvalue weighted by Crippen LogP contribution is 1.92. The molecule has 0 aromatic carbocycles. The van der Waals surface area contributed by atoms with Gasteiger partial charge in [-0.25, -0.2) is 15.3 Å². The van der Waals surface area contributed by atoms with Crippen molar-refractivity contribution in [2.24, 2.45) is 5.84 Å². The molecule has 0 aliphatic heterocycles. The fraction of sp³-hybridized carbons (Fsp3) is 0. The van der Waals surface area contributed by atoms with Crippen LogP contribution in [0.4, 0.5) is 0 Å². The average Bonchev–Trinajstić information content (AvgIpc) is 2.05. The summed E-state index contributed by atoms with van der Waals surface area (Å²) in [5.41, 5.74) is 1.61. The predicted molar refractivity (Wildman–Crippen MR) is 41.2 cm³/mol. The van der Waals surface area contributed by atoms with Gasteiger partial charge in [0.2, 0.25) is 0 Å². The first-order valence-electron chi connectivity index (χ1n) is 3.08. The zero-order valence-electron chi connectivity index (χ0n) is 6.02. The number of nitrogens with zero attached hydrogens (tertiary/aromatic N) is 1. The predicted octanol–water partition coefficient (Wildman–Crippen LogP) is -1.04. The number of nitrogen functional groups attached to an aromatic ring is 1. The maximum atomic E-state index is 10.9. The molecule has 0 bridgehead atoms. The smallest absolute Gasteiger partial charge is 0.337 e. The van der Waals surface area contributed by atoms with E-state index in [4.69, 9.17) is 10.9 Å². The normalized spacial score (nSPS) is 9.42. The van der Waals surface area contributed by atoms with E-state index in [0.29, 0.717) is 0 Å². The zero-order chi connectivity index (χ0) is 9.14. The molecule has 0 unspecified atom stereocenters. The van der Waals surface area contributed by atoms with Crippen LogP contribution in [0.25, 0.3) is 0 Å². The Hall–Kier alpha value is -1.82. The van der Waals surface area contributed by atoms with Crippen molar-refractivity contribution in [3.8, 4) is 0 Å². The summed E-state index contributed by atoms with van der Waals surface area (Å²) in [7, 11) is 0. The Labute approximate surface area is 67.2 Å². The van der Waals surface area contributed by atoms with E-state index in [9.17, 15) is 9.59 Å². The van der Waals surface area contributed by atoms with E-state index in [1.807, 2.05) is 5.53 Å². The molecule has 0 amide bonds. The van der Waals surface area contributed by atoms with E-state index in [1.54, 1.807) is 0 Å². The minimum absolute atomic E-state index is 0.00690. The Bertz CT molecular complexity index is 357. The molecule has 0 saturated carbocycles. The van der Waals surface area contributed by atoms with Gasteiger partial charge >= 0.3 is 5.97 Å². The van der Waals surface area contributed by atoms with Crippen LogP contribution in [0.15, 0.2) is 23.1 Å². The third-order valence-corrected chi connectivity index (χ3v) is 1.30. The molecule has 64 valence electrons. The molecule has 0 aliphatic carbocycles. The SMILES string of the molecule is NNn1cc(C(=O)O)ccc1=O. The van der Waals surface area contributed by atoms with Gasteiger partial charge in [0.25, 0.3) is 5.56 Å². The molecule has 1 aromatic rings. The molecule has 1 rings (SSSR count). The lowest BCUT2D eigenvalue weighted by Gasteiger charge is -2.02. The number of pyridine rings is 1. The van der Waals surface area contributed by atoms with Gasteiger partial charge < -0.3 is 5.11 Å². The van der Waals surface area contributed by atoms with Crippen molar-refractivity contribution < 1.29 is 9.90 Å².